The van der Waals surface area contributed by atoms with Crippen molar-refractivity contribution in [3.05, 3.63) is 48.0 Å². The molecule has 2 atom stereocenters. The molecule has 3 rings (SSSR count). The zero-order valence-corrected chi connectivity index (χ0v) is 23.0. The van der Waals surface area contributed by atoms with Crippen molar-refractivity contribution in [2.45, 2.75) is 32.4 Å². The summed E-state index contributed by atoms with van der Waals surface area (Å²) in [5.74, 6) is -4.42. The van der Waals surface area contributed by atoms with Crippen LogP contribution in [0.5, 0.6) is 11.5 Å². The van der Waals surface area contributed by atoms with Gasteiger partial charge in [-0.15, -0.1) is 0 Å². The first-order chi connectivity index (χ1) is 19.5. The van der Waals surface area contributed by atoms with Crippen molar-refractivity contribution in [2.75, 3.05) is 37.1 Å². The molecular weight excluding hydrogens is 536 g/mol. The summed E-state index contributed by atoms with van der Waals surface area (Å²) >= 11 is 0. The molecular formula is C28H30N4O9. The number of Topliss-reactive ketones (excluding diaryl/α,β-unsaturated/α-hetero) is 2. The van der Waals surface area contributed by atoms with Crippen molar-refractivity contribution in [3.63, 3.8) is 0 Å². The Hall–Kier alpha value is -5.07. The second-order valence-corrected chi connectivity index (χ2v) is 9.15. The summed E-state index contributed by atoms with van der Waals surface area (Å²) in [6.45, 7) is 1.59. The van der Waals surface area contributed by atoms with E-state index in [9.17, 15) is 33.6 Å². The monoisotopic (exact) mass is 566 g/mol. The zero-order chi connectivity index (χ0) is 30.3. The Labute approximate surface area is 235 Å². The Bertz CT molecular complexity index is 1370. The lowest BCUT2D eigenvalue weighted by atomic mass is 10.1. The zero-order valence-electron chi connectivity index (χ0n) is 23.0. The number of para-hydroxylation sites is 2. The lowest BCUT2D eigenvalue weighted by molar-refractivity contribution is -0.128. The van der Waals surface area contributed by atoms with Crippen LogP contribution >= 0.6 is 0 Å². The van der Waals surface area contributed by atoms with E-state index in [0.29, 0.717) is 6.29 Å². The molecule has 0 bridgehead atoms. The summed E-state index contributed by atoms with van der Waals surface area (Å²) in [4.78, 5) is 90.8. The number of aldehydes is 1. The van der Waals surface area contributed by atoms with E-state index in [4.69, 9.17) is 9.47 Å². The van der Waals surface area contributed by atoms with Crippen LogP contribution in [0, 0.1) is 0 Å². The Morgan fingerprint density at radius 1 is 0.976 bits per heavy atom. The summed E-state index contributed by atoms with van der Waals surface area (Å²) in [5.41, 5.74) is 0.308. The molecule has 4 amide bonds. The van der Waals surface area contributed by atoms with Gasteiger partial charge in [-0.05, 0) is 31.2 Å². The fourth-order valence-electron chi connectivity index (χ4n) is 4.41. The number of methoxy groups -OCH3 is 2. The maximum atomic E-state index is 13.8. The number of nitrogens with one attached hydrogen (secondary N) is 2. The van der Waals surface area contributed by atoms with Crippen molar-refractivity contribution in [2.24, 2.45) is 0 Å². The normalized spacial score (nSPS) is 15.1. The standard InChI is InChI=1S/C28H30N4O9/c1-16(34)12-18(15-33)29-24(36)14-32-21-9-6-5-8-20(21)31(17(2)35)13-19(28(32)39)30-27(38)26(37)25-22(40-3)10-7-11-23(25)41-4/h5-11,15,18-19H,12-14H2,1-4H3,(H,29,36)(H,30,38)/t18-,19-/m0/s1. The molecule has 1 aliphatic heterocycles. The number of hydrogen-bond donors (Lipinski definition) is 2. The Balaban J connectivity index is 1.97. The number of fused-ring (bicyclic) bond motifs is 1. The van der Waals surface area contributed by atoms with Crippen molar-refractivity contribution in [1.29, 1.82) is 0 Å². The predicted molar refractivity (Wildman–Crippen MR) is 146 cm³/mol. The summed E-state index contributed by atoms with van der Waals surface area (Å²) in [5, 5.41) is 4.79. The van der Waals surface area contributed by atoms with Gasteiger partial charge >= 0.3 is 0 Å². The smallest absolute Gasteiger partial charge is 0.293 e. The van der Waals surface area contributed by atoms with Gasteiger partial charge in [0.1, 0.15) is 41.7 Å². The highest BCUT2D eigenvalue weighted by Gasteiger charge is 2.38. The molecule has 216 valence electrons. The highest BCUT2D eigenvalue weighted by molar-refractivity contribution is 6.44. The summed E-state index contributed by atoms with van der Waals surface area (Å²) in [7, 11) is 2.63. The predicted octanol–water partition coefficient (Wildman–Crippen LogP) is 0.434. The molecule has 0 aromatic heterocycles. The maximum Gasteiger partial charge on any atom is 0.293 e. The first-order valence-electron chi connectivity index (χ1n) is 12.5. The van der Waals surface area contributed by atoms with Gasteiger partial charge < -0.3 is 29.8 Å². The third kappa shape index (κ3) is 6.93. The second-order valence-electron chi connectivity index (χ2n) is 9.15. The van der Waals surface area contributed by atoms with Crippen LogP contribution in [0.2, 0.25) is 0 Å². The van der Waals surface area contributed by atoms with E-state index in [0.717, 1.165) is 4.90 Å². The number of nitrogens with zero attached hydrogens (tertiary/aromatic N) is 2. The molecule has 0 saturated heterocycles. The van der Waals surface area contributed by atoms with Gasteiger partial charge in [-0.25, -0.2) is 0 Å². The van der Waals surface area contributed by atoms with Crippen LogP contribution in [0.1, 0.15) is 30.6 Å². The van der Waals surface area contributed by atoms with Gasteiger partial charge in [-0.2, -0.15) is 0 Å². The molecule has 0 spiro atoms. The molecule has 13 nitrogen and oxygen atoms in total. The third-order valence-corrected chi connectivity index (χ3v) is 6.26. The van der Waals surface area contributed by atoms with Gasteiger partial charge in [0.2, 0.25) is 11.8 Å². The number of carbonyl (C=O) groups excluding carboxylic acids is 7. The van der Waals surface area contributed by atoms with E-state index in [1.54, 1.807) is 24.3 Å². The van der Waals surface area contributed by atoms with Gasteiger partial charge in [0.25, 0.3) is 17.6 Å². The number of ketones is 2. The topological polar surface area (TPSA) is 168 Å². The summed E-state index contributed by atoms with van der Waals surface area (Å²) in [6.07, 6.45) is 0.181. The fraction of sp³-hybridized carbons (Fsp3) is 0.321. The Morgan fingerprint density at radius 2 is 1.59 bits per heavy atom. The van der Waals surface area contributed by atoms with Gasteiger partial charge in [0.15, 0.2) is 0 Å². The van der Waals surface area contributed by atoms with Gasteiger partial charge in [-0.3, -0.25) is 33.7 Å². The highest BCUT2D eigenvalue weighted by atomic mass is 16.5. The number of rotatable bonds is 11. The van der Waals surface area contributed by atoms with Gasteiger partial charge in [0, 0.05) is 13.3 Å². The maximum absolute atomic E-state index is 13.8. The van der Waals surface area contributed by atoms with E-state index in [-0.39, 0.29) is 47.2 Å². The molecule has 1 aliphatic rings. The van der Waals surface area contributed by atoms with Crippen LogP contribution in [0.3, 0.4) is 0 Å². The molecule has 41 heavy (non-hydrogen) atoms. The molecule has 0 fully saturated rings. The largest absolute Gasteiger partial charge is 0.496 e. The summed E-state index contributed by atoms with van der Waals surface area (Å²) in [6, 6.07) is 8.24. The first kappa shape index (κ1) is 30.5. The number of benzene rings is 2. The van der Waals surface area contributed by atoms with Crippen LogP contribution in [-0.4, -0.2) is 80.9 Å². The molecule has 2 aromatic carbocycles. The third-order valence-electron chi connectivity index (χ3n) is 6.26. The molecule has 2 N–H and O–H groups in total. The van der Waals surface area contributed by atoms with Crippen LogP contribution in [0.15, 0.2) is 42.5 Å². The van der Waals surface area contributed by atoms with Gasteiger partial charge in [-0.1, -0.05) is 18.2 Å². The molecule has 2 aromatic rings. The van der Waals surface area contributed by atoms with E-state index in [2.05, 4.69) is 10.6 Å². The minimum absolute atomic E-state index is 0.0723. The second kappa shape index (κ2) is 13.3. The van der Waals surface area contributed by atoms with E-state index >= 15 is 0 Å². The number of carbonyl (C=O) groups is 7. The Kier molecular flexibility index (Phi) is 9.90. The average Bonchev–Trinajstić information content (AvgIpc) is 3.06. The van der Waals surface area contributed by atoms with E-state index < -0.39 is 48.0 Å². The fourth-order valence-corrected chi connectivity index (χ4v) is 4.41. The molecule has 0 radical (unpaired) electrons. The van der Waals surface area contributed by atoms with Gasteiger partial charge in [0.05, 0.1) is 38.2 Å². The Morgan fingerprint density at radius 3 is 2.12 bits per heavy atom. The SMILES string of the molecule is COc1cccc(OC)c1C(=O)C(=O)N[C@H]1CN(C(C)=O)c2ccccc2N(CC(=O)N[C@H](C=O)CC(C)=O)C1=O. The van der Waals surface area contributed by atoms with Crippen molar-refractivity contribution in [3.8, 4) is 11.5 Å². The minimum Gasteiger partial charge on any atom is -0.496 e. The number of ether oxygens (including phenoxy) is 2. The molecule has 0 unspecified atom stereocenters. The van der Waals surface area contributed by atoms with Crippen LogP contribution in [-0.2, 0) is 28.8 Å². The molecule has 1 heterocycles. The molecule has 13 heteroatoms. The average molecular weight is 567 g/mol. The summed E-state index contributed by atoms with van der Waals surface area (Å²) < 4.78 is 10.4. The van der Waals surface area contributed by atoms with Crippen LogP contribution in [0.25, 0.3) is 0 Å². The number of anilines is 2. The highest BCUT2D eigenvalue weighted by Crippen LogP contribution is 2.33. The lowest BCUT2D eigenvalue weighted by Crippen LogP contribution is -2.55. The quantitative estimate of drug-likeness (QED) is 0.223. The number of amides is 4. The molecule has 0 saturated carbocycles. The minimum atomic E-state index is -1.45. The van der Waals surface area contributed by atoms with E-state index in [1.165, 1.54) is 51.2 Å². The first-order valence-corrected chi connectivity index (χ1v) is 12.5. The van der Waals surface area contributed by atoms with Crippen LogP contribution < -0.4 is 29.9 Å². The van der Waals surface area contributed by atoms with Crippen molar-refractivity contribution < 1.29 is 43.0 Å². The van der Waals surface area contributed by atoms with E-state index in [1.807, 2.05) is 0 Å². The molecule has 0 aliphatic carbocycles. The van der Waals surface area contributed by atoms with Crippen LogP contribution in [0.4, 0.5) is 11.4 Å². The van der Waals surface area contributed by atoms with Crippen molar-refractivity contribution in [1.82, 2.24) is 10.6 Å². The van der Waals surface area contributed by atoms with Crippen molar-refractivity contribution >= 4 is 52.9 Å². The number of hydrogen-bond acceptors (Lipinski definition) is 9. The lowest BCUT2D eigenvalue weighted by Gasteiger charge is -2.25.